The summed E-state index contributed by atoms with van der Waals surface area (Å²) in [5.41, 5.74) is 2.82. The molecule has 2 aromatic carbocycles. The number of hydrogen-bond acceptors (Lipinski definition) is 4. The summed E-state index contributed by atoms with van der Waals surface area (Å²) in [5, 5.41) is 0.489. The number of ether oxygens (including phenoxy) is 1. The number of nitrogens with one attached hydrogen (secondary N) is 1. The van der Waals surface area contributed by atoms with Gasteiger partial charge < -0.3 is 19.0 Å². The minimum absolute atomic E-state index is 0.136. The molecule has 0 bridgehead atoms. The molecule has 1 atom stereocenters. The summed E-state index contributed by atoms with van der Waals surface area (Å²) in [6.07, 6.45) is 0.858. The lowest BCUT2D eigenvalue weighted by Crippen LogP contribution is -3.14. The minimum Gasteiger partial charge on any atom is -0.450 e. The largest absolute Gasteiger partial charge is 0.450 e. The normalized spacial score (nSPS) is 19.0. The molecule has 166 valence electrons. The van der Waals surface area contributed by atoms with Crippen molar-refractivity contribution < 1.29 is 18.8 Å². The molecule has 3 heterocycles. The second-order valence-electron chi connectivity index (χ2n) is 8.59. The topological polar surface area (TPSA) is 64.2 Å². The van der Waals surface area contributed by atoms with Crippen LogP contribution in [0.2, 0.25) is 0 Å². The zero-order valence-electron chi connectivity index (χ0n) is 18.0. The van der Waals surface area contributed by atoms with Crippen LogP contribution in [0, 0.1) is 6.92 Å². The predicted molar refractivity (Wildman–Crippen MR) is 125 cm³/mol. The molecule has 1 aromatic heterocycles. The van der Waals surface area contributed by atoms with E-state index in [1.807, 2.05) is 42.2 Å². The third-order valence-corrected chi connectivity index (χ3v) is 6.94. The lowest BCUT2D eigenvalue weighted by atomic mass is 9.97. The quantitative estimate of drug-likeness (QED) is 0.588. The number of hydrogen-bond donors (Lipinski definition) is 1. The average Bonchev–Trinajstić information content (AvgIpc) is 3.08. The van der Waals surface area contributed by atoms with E-state index >= 15 is 0 Å². The first-order valence-corrected chi connectivity index (χ1v) is 11.9. The van der Waals surface area contributed by atoms with Gasteiger partial charge in [-0.1, -0.05) is 45.8 Å². The first kappa shape index (κ1) is 21.4. The molecule has 0 saturated carbocycles. The molecule has 3 aromatic rings. The van der Waals surface area contributed by atoms with Gasteiger partial charge >= 0.3 is 0 Å². The van der Waals surface area contributed by atoms with Crippen LogP contribution in [0.3, 0.4) is 0 Å². The van der Waals surface area contributed by atoms with Crippen molar-refractivity contribution in [1.29, 1.82) is 0 Å². The molecule has 0 spiro atoms. The number of aryl methyl sites for hydroxylation is 1. The van der Waals surface area contributed by atoms with Gasteiger partial charge in [-0.05, 0) is 30.7 Å². The minimum atomic E-state index is -0.433. The van der Waals surface area contributed by atoms with Crippen molar-refractivity contribution in [2.24, 2.45) is 0 Å². The van der Waals surface area contributed by atoms with Crippen molar-refractivity contribution in [2.45, 2.75) is 19.4 Å². The number of nitrogens with zero attached hydrogens (tertiary/aromatic N) is 1. The molecule has 0 aliphatic carbocycles. The number of quaternary nitrogens is 1. The van der Waals surface area contributed by atoms with Gasteiger partial charge in [0.25, 0.3) is 5.91 Å². The summed E-state index contributed by atoms with van der Waals surface area (Å²) in [7, 11) is 0. The number of benzene rings is 2. The standard InChI is InChI=1S/C25H25BrN2O4/c1-16-3-5-17(6-4-16)22-21-23(29)19-15-18(26)7-8-20(19)32-24(21)25(30)28(22)10-2-9-27-11-13-31-14-12-27/h3-8,15,22H,2,9-14H2,1H3/p+1/t22-/m0/s1. The van der Waals surface area contributed by atoms with Crippen LogP contribution in [0.4, 0.5) is 0 Å². The summed E-state index contributed by atoms with van der Waals surface area (Å²) in [4.78, 5) is 30.3. The van der Waals surface area contributed by atoms with Gasteiger partial charge in [-0.25, -0.2) is 0 Å². The Bertz CT molecular complexity index is 1220. The third-order valence-electron chi connectivity index (χ3n) is 6.45. The molecule has 32 heavy (non-hydrogen) atoms. The number of carbonyl (C=O) groups excluding carboxylic acids is 1. The number of rotatable bonds is 5. The van der Waals surface area contributed by atoms with Gasteiger partial charge in [0, 0.05) is 17.4 Å². The Morgan fingerprint density at radius 2 is 1.84 bits per heavy atom. The van der Waals surface area contributed by atoms with Crippen molar-refractivity contribution in [3.63, 3.8) is 0 Å². The Labute approximate surface area is 194 Å². The third kappa shape index (κ3) is 3.89. The number of carbonyl (C=O) groups is 1. The highest BCUT2D eigenvalue weighted by molar-refractivity contribution is 9.10. The zero-order chi connectivity index (χ0) is 22.2. The molecule has 1 N–H and O–H groups in total. The molecule has 6 nitrogen and oxygen atoms in total. The maximum atomic E-state index is 13.6. The fourth-order valence-electron chi connectivity index (χ4n) is 4.73. The van der Waals surface area contributed by atoms with Crippen LogP contribution in [-0.4, -0.2) is 50.2 Å². The fourth-order valence-corrected chi connectivity index (χ4v) is 5.09. The van der Waals surface area contributed by atoms with Crippen LogP contribution >= 0.6 is 15.9 Å². The van der Waals surface area contributed by atoms with Gasteiger partial charge in [0.1, 0.15) is 18.7 Å². The van der Waals surface area contributed by atoms with Crippen molar-refractivity contribution in [3.8, 4) is 0 Å². The summed E-state index contributed by atoms with van der Waals surface area (Å²) < 4.78 is 12.3. The number of morpholine rings is 1. The Morgan fingerprint density at radius 3 is 2.59 bits per heavy atom. The van der Waals surface area contributed by atoms with Gasteiger partial charge in [0.15, 0.2) is 5.43 Å². The van der Waals surface area contributed by atoms with E-state index in [0.717, 1.165) is 54.9 Å². The SMILES string of the molecule is Cc1ccc([C@H]2c3c(oc4ccc(Br)cc4c3=O)C(=O)N2CCC[NH+]2CCOCC2)cc1. The predicted octanol–water partition coefficient (Wildman–Crippen LogP) is 2.71. The first-order chi connectivity index (χ1) is 15.5. The van der Waals surface area contributed by atoms with Gasteiger partial charge in [-0.15, -0.1) is 0 Å². The second kappa shape index (κ2) is 8.81. The van der Waals surface area contributed by atoms with Crippen LogP contribution in [0.25, 0.3) is 11.0 Å². The second-order valence-corrected chi connectivity index (χ2v) is 9.51. The lowest BCUT2D eigenvalue weighted by Gasteiger charge is -2.27. The van der Waals surface area contributed by atoms with E-state index in [0.29, 0.717) is 23.1 Å². The van der Waals surface area contributed by atoms with E-state index in [2.05, 4.69) is 15.9 Å². The monoisotopic (exact) mass is 497 g/mol. The van der Waals surface area contributed by atoms with Crippen molar-refractivity contribution in [3.05, 3.63) is 79.6 Å². The maximum Gasteiger partial charge on any atom is 0.290 e. The molecule has 5 rings (SSSR count). The Balaban J connectivity index is 1.53. The smallest absolute Gasteiger partial charge is 0.290 e. The molecule has 1 amide bonds. The Morgan fingerprint density at radius 1 is 1.09 bits per heavy atom. The van der Waals surface area contributed by atoms with Crippen LogP contribution in [0.15, 0.2) is 56.1 Å². The number of halogens is 1. The van der Waals surface area contributed by atoms with Gasteiger partial charge in [-0.3, -0.25) is 9.59 Å². The fraction of sp³-hybridized carbons (Fsp3) is 0.360. The molecule has 0 unspecified atom stereocenters. The van der Waals surface area contributed by atoms with E-state index in [4.69, 9.17) is 9.15 Å². The van der Waals surface area contributed by atoms with Gasteiger partial charge in [-0.2, -0.15) is 0 Å². The Kier molecular flexibility index (Phi) is 5.88. The molecule has 7 heteroatoms. The Hall–Kier alpha value is -2.48. The highest BCUT2D eigenvalue weighted by Gasteiger charge is 2.42. The van der Waals surface area contributed by atoms with Crippen LogP contribution in [0.5, 0.6) is 0 Å². The van der Waals surface area contributed by atoms with E-state index < -0.39 is 6.04 Å². The van der Waals surface area contributed by atoms with E-state index in [-0.39, 0.29) is 17.1 Å². The summed E-state index contributed by atoms with van der Waals surface area (Å²) in [6, 6.07) is 12.9. The molecule has 2 aliphatic rings. The van der Waals surface area contributed by atoms with Gasteiger partial charge in [0.2, 0.25) is 5.76 Å². The van der Waals surface area contributed by atoms with Gasteiger partial charge in [0.05, 0.1) is 36.8 Å². The molecular formula is C25H26BrN2O4+. The van der Waals surface area contributed by atoms with Crippen molar-refractivity contribution >= 4 is 32.8 Å². The van der Waals surface area contributed by atoms with Crippen LogP contribution < -0.4 is 10.3 Å². The molecular weight excluding hydrogens is 472 g/mol. The summed E-state index contributed by atoms with van der Waals surface area (Å²) in [5.74, 6) is -0.0291. The summed E-state index contributed by atoms with van der Waals surface area (Å²) >= 11 is 3.44. The molecule has 0 radical (unpaired) electrons. The lowest BCUT2D eigenvalue weighted by molar-refractivity contribution is -0.908. The van der Waals surface area contributed by atoms with Crippen molar-refractivity contribution in [1.82, 2.24) is 4.90 Å². The van der Waals surface area contributed by atoms with E-state index in [1.165, 1.54) is 4.90 Å². The van der Waals surface area contributed by atoms with E-state index in [9.17, 15) is 9.59 Å². The molecule has 1 saturated heterocycles. The highest BCUT2D eigenvalue weighted by atomic mass is 79.9. The van der Waals surface area contributed by atoms with Crippen molar-refractivity contribution in [2.75, 3.05) is 39.4 Å². The molecule has 2 aliphatic heterocycles. The number of fused-ring (bicyclic) bond motifs is 2. The zero-order valence-corrected chi connectivity index (χ0v) is 19.6. The average molecular weight is 498 g/mol. The number of amides is 1. The highest BCUT2D eigenvalue weighted by Crippen LogP contribution is 2.38. The van der Waals surface area contributed by atoms with Crippen LogP contribution in [-0.2, 0) is 4.74 Å². The maximum absolute atomic E-state index is 13.6. The van der Waals surface area contributed by atoms with Crippen LogP contribution in [0.1, 0.15) is 39.7 Å². The summed E-state index contributed by atoms with van der Waals surface area (Å²) in [6.45, 7) is 7.14. The first-order valence-electron chi connectivity index (χ1n) is 11.1. The van der Waals surface area contributed by atoms with E-state index in [1.54, 1.807) is 12.1 Å². The molecule has 1 fully saturated rings.